The van der Waals surface area contributed by atoms with Gasteiger partial charge in [0.25, 0.3) is 0 Å². The lowest BCUT2D eigenvalue weighted by Crippen LogP contribution is -2.10. The molecule has 0 bridgehead atoms. The average Bonchev–Trinajstić information content (AvgIpc) is 2.42. The maximum atomic E-state index is 12.3. The summed E-state index contributed by atoms with van der Waals surface area (Å²) in [6.45, 7) is 7.30. The number of hydrogen-bond donors (Lipinski definition) is 1. The third-order valence-corrected chi connectivity index (χ3v) is 3.82. The van der Waals surface area contributed by atoms with Crippen LogP contribution in [0.4, 0.5) is 0 Å². The summed E-state index contributed by atoms with van der Waals surface area (Å²) in [6.07, 6.45) is 4.77. The molecule has 1 aromatic carbocycles. The molecule has 0 heterocycles. The predicted octanol–water partition coefficient (Wildman–Crippen LogP) is 4.22. The van der Waals surface area contributed by atoms with E-state index in [9.17, 15) is 4.79 Å². The normalized spacial score (nSPS) is 12.7. The van der Waals surface area contributed by atoms with Crippen molar-refractivity contribution in [2.24, 2.45) is 17.6 Å². The molecular weight excluding hydrogens is 246 g/mol. The predicted molar refractivity (Wildman–Crippen MR) is 86.0 cm³/mol. The van der Waals surface area contributed by atoms with Crippen LogP contribution in [-0.2, 0) is 6.42 Å². The van der Waals surface area contributed by atoms with Gasteiger partial charge in [-0.1, -0.05) is 45.4 Å². The molecule has 0 radical (unpaired) electrons. The topological polar surface area (TPSA) is 43.1 Å². The highest BCUT2D eigenvalue weighted by Crippen LogP contribution is 2.18. The molecule has 1 unspecified atom stereocenters. The van der Waals surface area contributed by atoms with Gasteiger partial charge in [0.2, 0.25) is 0 Å². The second-order valence-electron chi connectivity index (χ2n) is 6.11. The molecule has 0 aliphatic heterocycles. The van der Waals surface area contributed by atoms with Crippen LogP contribution in [0.5, 0.6) is 0 Å². The summed E-state index contributed by atoms with van der Waals surface area (Å²) in [5, 5.41) is 0. The van der Waals surface area contributed by atoms with Crippen LogP contribution in [0.25, 0.3) is 0 Å². The number of nitrogens with two attached hydrogens (primary N) is 1. The minimum atomic E-state index is 0.270. The number of Topliss-reactive ketones (excluding diaryl/α,β-unsaturated/α-hetero) is 1. The third-order valence-electron chi connectivity index (χ3n) is 3.82. The van der Waals surface area contributed by atoms with Gasteiger partial charge in [0, 0.05) is 12.0 Å². The molecule has 0 amide bonds. The van der Waals surface area contributed by atoms with E-state index in [2.05, 4.69) is 32.9 Å². The lowest BCUT2D eigenvalue weighted by atomic mass is 9.93. The van der Waals surface area contributed by atoms with Crippen molar-refractivity contribution < 1.29 is 4.79 Å². The number of hydrogen-bond acceptors (Lipinski definition) is 2. The quantitative estimate of drug-likeness (QED) is 0.686. The van der Waals surface area contributed by atoms with E-state index in [1.54, 1.807) is 0 Å². The molecule has 2 nitrogen and oxygen atoms in total. The Balaban J connectivity index is 2.58. The molecule has 2 heteroatoms. The van der Waals surface area contributed by atoms with Crippen molar-refractivity contribution in [1.82, 2.24) is 0 Å². The summed E-state index contributed by atoms with van der Waals surface area (Å²) in [5.74, 6) is 1.48. The molecule has 0 spiro atoms. The first-order valence-corrected chi connectivity index (χ1v) is 7.89. The molecule has 0 saturated heterocycles. The van der Waals surface area contributed by atoms with Crippen LogP contribution in [-0.4, -0.2) is 12.3 Å². The molecule has 2 N–H and O–H groups in total. The van der Waals surface area contributed by atoms with Gasteiger partial charge in [-0.15, -0.1) is 0 Å². The zero-order chi connectivity index (χ0) is 15.0. The van der Waals surface area contributed by atoms with Gasteiger partial charge in [-0.3, -0.25) is 4.79 Å². The highest BCUT2D eigenvalue weighted by Gasteiger charge is 2.11. The third kappa shape index (κ3) is 5.87. The van der Waals surface area contributed by atoms with E-state index in [1.807, 2.05) is 12.1 Å². The van der Waals surface area contributed by atoms with Crippen LogP contribution in [0.2, 0.25) is 0 Å². The van der Waals surface area contributed by atoms with Crippen molar-refractivity contribution in [3.05, 3.63) is 35.4 Å². The smallest absolute Gasteiger partial charge is 0.162 e. The van der Waals surface area contributed by atoms with E-state index in [1.165, 1.54) is 5.56 Å². The largest absolute Gasteiger partial charge is 0.330 e. The van der Waals surface area contributed by atoms with Crippen molar-refractivity contribution in [1.29, 1.82) is 0 Å². The molecule has 1 aromatic rings. The molecule has 20 heavy (non-hydrogen) atoms. The Morgan fingerprint density at radius 1 is 1.25 bits per heavy atom. The number of carbonyl (C=O) groups excluding carboxylic acids is 1. The van der Waals surface area contributed by atoms with E-state index in [0.717, 1.165) is 37.8 Å². The van der Waals surface area contributed by atoms with Crippen LogP contribution < -0.4 is 5.73 Å². The van der Waals surface area contributed by atoms with Gasteiger partial charge in [0.05, 0.1) is 0 Å². The fourth-order valence-electron chi connectivity index (χ4n) is 2.61. The number of carbonyl (C=O) groups is 1. The zero-order valence-corrected chi connectivity index (χ0v) is 13.2. The molecule has 0 aromatic heterocycles. The van der Waals surface area contributed by atoms with E-state index >= 15 is 0 Å². The Morgan fingerprint density at radius 2 is 2.00 bits per heavy atom. The van der Waals surface area contributed by atoms with Crippen molar-refractivity contribution in [2.45, 2.75) is 52.9 Å². The molecular formula is C18H29NO. The number of benzene rings is 1. The van der Waals surface area contributed by atoms with Gasteiger partial charge in [0.1, 0.15) is 0 Å². The number of ketones is 1. The van der Waals surface area contributed by atoms with Gasteiger partial charge in [-0.25, -0.2) is 0 Å². The fraction of sp³-hybridized carbons (Fsp3) is 0.611. The van der Waals surface area contributed by atoms with Gasteiger partial charge >= 0.3 is 0 Å². The fourth-order valence-corrected chi connectivity index (χ4v) is 2.61. The molecule has 1 rings (SSSR count). The summed E-state index contributed by atoms with van der Waals surface area (Å²) >= 11 is 0. The minimum absolute atomic E-state index is 0.270. The standard InChI is InChI=1S/C18H29NO/c1-4-15(10-11-19)8-9-18(20)17-7-5-6-16(13-17)12-14(2)3/h5-7,13-15H,4,8-12,19H2,1-3H3. The van der Waals surface area contributed by atoms with Crippen molar-refractivity contribution in [2.75, 3.05) is 6.54 Å². The monoisotopic (exact) mass is 275 g/mol. The average molecular weight is 275 g/mol. The zero-order valence-electron chi connectivity index (χ0n) is 13.2. The van der Waals surface area contributed by atoms with Crippen LogP contribution in [0.1, 0.15) is 62.4 Å². The van der Waals surface area contributed by atoms with Gasteiger partial charge in [-0.2, -0.15) is 0 Å². The first kappa shape index (κ1) is 16.9. The summed E-state index contributed by atoms with van der Waals surface area (Å²) in [4.78, 5) is 12.3. The highest BCUT2D eigenvalue weighted by molar-refractivity contribution is 5.96. The maximum Gasteiger partial charge on any atom is 0.162 e. The van der Waals surface area contributed by atoms with Crippen LogP contribution in [0.15, 0.2) is 24.3 Å². The first-order valence-electron chi connectivity index (χ1n) is 7.89. The Labute approximate surface area is 123 Å². The molecule has 0 aliphatic carbocycles. The van der Waals surface area contributed by atoms with Gasteiger partial charge in [0.15, 0.2) is 5.78 Å². The van der Waals surface area contributed by atoms with Gasteiger partial charge in [-0.05, 0) is 49.3 Å². The Kier molecular flexibility index (Phi) is 7.53. The molecule has 1 atom stereocenters. The summed E-state index contributed by atoms with van der Waals surface area (Å²) in [6, 6.07) is 8.12. The summed E-state index contributed by atoms with van der Waals surface area (Å²) in [7, 11) is 0. The van der Waals surface area contributed by atoms with E-state index in [0.29, 0.717) is 18.3 Å². The SMILES string of the molecule is CCC(CCN)CCC(=O)c1cccc(CC(C)C)c1. The second-order valence-corrected chi connectivity index (χ2v) is 6.11. The summed E-state index contributed by atoms with van der Waals surface area (Å²) in [5.41, 5.74) is 7.73. The van der Waals surface area contributed by atoms with Crippen LogP contribution >= 0.6 is 0 Å². The Bertz CT molecular complexity index is 412. The molecule has 0 fully saturated rings. The minimum Gasteiger partial charge on any atom is -0.330 e. The molecule has 0 saturated carbocycles. The lowest BCUT2D eigenvalue weighted by Gasteiger charge is -2.13. The second kappa shape index (κ2) is 8.91. The van der Waals surface area contributed by atoms with Crippen LogP contribution in [0, 0.1) is 11.8 Å². The Hall–Kier alpha value is -1.15. The van der Waals surface area contributed by atoms with E-state index in [4.69, 9.17) is 5.73 Å². The lowest BCUT2D eigenvalue weighted by molar-refractivity contribution is 0.0972. The maximum absolute atomic E-state index is 12.3. The molecule has 112 valence electrons. The number of rotatable bonds is 9. The van der Waals surface area contributed by atoms with Crippen LogP contribution in [0.3, 0.4) is 0 Å². The Morgan fingerprint density at radius 3 is 2.60 bits per heavy atom. The van der Waals surface area contributed by atoms with Crippen molar-refractivity contribution in [3.8, 4) is 0 Å². The summed E-state index contributed by atoms with van der Waals surface area (Å²) < 4.78 is 0. The van der Waals surface area contributed by atoms with Crippen molar-refractivity contribution >= 4 is 5.78 Å². The highest BCUT2D eigenvalue weighted by atomic mass is 16.1. The van der Waals surface area contributed by atoms with Crippen molar-refractivity contribution in [3.63, 3.8) is 0 Å². The molecule has 0 aliphatic rings. The van der Waals surface area contributed by atoms with E-state index < -0.39 is 0 Å². The van der Waals surface area contributed by atoms with Gasteiger partial charge < -0.3 is 5.73 Å². The van der Waals surface area contributed by atoms with E-state index in [-0.39, 0.29) is 5.78 Å². The first-order chi connectivity index (χ1) is 9.56.